The second-order valence-electron chi connectivity index (χ2n) is 8.16. The number of rotatable bonds is 11. The standard InChI is InChI=1S/C28H30ClN5O4/c1-4-34(5-2)15-14-31-27(35)24-13-9-21(16-26(24)37-3)33-28(36)32-20-7-11-22(12-8-20)38-23-10-6-19(18-30)25(29)17-23/h6-13,16-17H,4-5,14-15H2,1-3H3,(H,31,35)(H2,32,33,36). The molecule has 3 rings (SSSR count). The number of likely N-dealkylation sites (N-methyl/N-ethyl adjacent to an activating group) is 1. The molecular formula is C28H30ClN5O4. The van der Waals surface area contributed by atoms with Crippen molar-refractivity contribution >= 4 is 34.9 Å². The molecule has 0 aromatic heterocycles. The Morgan fingerprint density at radius 3 is 2.24 bits per heavy atom. The van der Waals surface area contributed by atoms with Gasteiger partial charge in [0.25, 0.3) is 5.91 Å². The van der Waals surface area contributed by atoms with Gasteiger partial charge in [-0.2, -0.15) is 5.26 Å². The molecule has 9 nitrogen and oxygen atoms in total. The quantitative estimate of drug-likeness (QED) is 0.289. The van der Waals surface area contributed by atoms with Crippen LogP contribution in [0.2, 0.25) is 5.02 Å². The van der Waals surface area contributed by atoms with E-state index in [0.29, 0.717) is 51.3 Å². The van der Waals surface area contributed by atoms with Gasteiger partial charge in [-0.15, -0.1) is 0 Å². The van der Waals surface area contributed by atoms with Gasteiger partial charge in [0, 0.05) is 36.6 Å². The SMILES string of the molecule is CCN(CC)CCNC(=O)c1ccc(NC(=O)Nc2ccc(Oc3ccc(C#N)c(Cl)c3)cc2)cc1OC. The van der Waals surface area contributed by atoms with E-state index in [-0.39, 0.29) is 5.91 Å². The molecule has 0 saturated carbocycles. The molecule has 0 unspecified atom stereocenters. The van der Waals surface area contributed by atoms with Crippen molar-refractivity contribution in [2.45, 2.75) is 13.8 Å². The molecule has 0 radical (unpaired) electrons. The normalized spacial score (nSPS) is 10.4. The number of hydrogen-bond acceptors (Lipinski definition) is 6. The zero-order valence-electron chi connectivity index (χ0n) is 21.5. The maximum absolute atomic E-state index is 12.6. The van der Waals surface area contributed by atoms with Crippen LogP contribution in [0.25, 0.3) is 0 Å². The van der Waals surface area contributed by atoms with E-state index >= 15 is 0 Å². The number of halogens is 1. The second kappa shape index (κ2) is 13.9. The third-order valence-electron chi connectivity index (χ3n) is 5.72. The minimum Gasteiger partial charge on any atom is -0.496 e. The molecule has 0 saturated heterocycles. The number of nitrogens with one attached hydrogen (secondary N) is 3. The molecule has 3 amide bonds. The summed E-state index contributed by atoms with van der Waals surface area (Å²) in [6, 6.07) is 17.9. The lowest BCUT2D eigenvalue weighted by Gasteiger charge is -2.18. The molecular weight excluding hydrogens is 506 g/mol. The first-order valence-corrected chi connectivity index (χ1v) is 12.5. The zero-order chi connectivity index (χ0) is 27.5. The Hall–Kier alpha value is -4.26. The number of urea groups is 1. The average molecular weight is 536 g/mol. The Bertz CT molecular complexity index is 1300. The second-order valence-corrected chi connectivity index (χ2v) is 8.56. The lowest BCUT2D eigenvalue weighted by atomic mass is 10.1. The van der Waals surface area contributed by atoms with Crippen molar-refractivity contribution in [1.82, 2.24) is 10.2 Å². The fourth-order valence-electron chi connectivity index (χ4n) is 3.60. The van der Waals surface area contributed by atoms with Crippen molar-refractivity contribution in [3.05, 3.63) is 76.8 Å². The monoisotopic (exact) mass is 535 g/mol. The van der Waals surface area contributed by atoms with Crippen molar-refractivity contribution in [3.8, 4) is 23.3 Å². The molecule has 0 spiro atoms. The Balaban J connectivity index is 1.56. The summed E-state index contributed by atoms with van der Waals surface area (Å²) in [7, 11) is 1.47. The highest BCUT2D eigenvalue weighted by molar-refractivity contribution is 6.31. The van der Waals surface area contributed by atoms with Gasteiger partial charge in [0.1, 0.15) is 23.3 Å². The fraction of sp³-hybridized carbons (Fsp3) is 0.250. The highest BCUT2D eigenvalue weighted by atomic mass is 35.5. The van der Waals surface area contributed by atoms with Crippen molar-refractivity contribution in [1.29, 1.82) is 5.26 Å². The van der Waals surface area contributed by atoms with Gasteiger partial charge < -0.3 is 30.3 Å². The zero-order valence-corrected chi connectivity index (χ0v) is 22.3. The first-order chi connectivity index (χ1) is 18.4. The van der Waals surface area contributed by atoms with Gasteiger partial charge in [-0.25, -0.2) is 4.79 Å². The van der Waals surface area contributed by atoms with Gasteiger partial charge in [-0.3, -0.25) is 4.79 Å². The highest BCUT2D eigenvalue weighted by Crippen LogP contribution is 2.28. The van der Waals surface area contributed by atoms with Crippen LogP contribution in [0.15, 0.2) is 60.7 Å². The predicted molar refractivity (Wildman–Crippen MR) is 148 cm³/mol. The molecule has 3 aromatic rings. The average Bonchev–Trinajstić information content (AvgIpc) is 2.92. The van der Waals surface area contributed by atoms with Gasteiger partial charge >= 0.3 is 6.03 Å². The molecule has 0 aliphatic carbocycles. The first kappa shape index (κ1) is 28.3. The molecule has 3 aromatic carbocycles. The van der Waals surface area contributed by atoms with Crippen molar-refractivity contribution in [3.63, 3.8) is 0 Å². The molecule has 0 atom stereocenters. The van der Waals surface area contributed by atoms with Crippen LogP contribution in [-0.2, 0) is 0 Å². The minimum absolute atomic E-state index is 0.240. The third kappa shape index (κ3) is 7.87. The van der Waals surface area contributed by atoms with Crippen LogP contribution < -0.4 is 25.4 Å². The summed E-state index contributed by atoms with van der Waals surface area (Å²) < 4.78 is 11.1. The summed E-state index contributed by atoms with van der Waals surface area (Å²) in [5.41, 5.74) is 1.77. The molecule has 0 bridgehead atoms. The van der Waals surface area contributed by atoms with E-state index in [1.165, 1.54) is 7.11 Å². The Labute approximate surface area is 227 Å². The maximum Gasteiger partial charge on any atom is 0.323 e. The van der Waals surface area contributed by atoms with E-state index in [4.69, 9.17) is 26.3 Å². The molecule has 0 aliphatic heterocycles. The molecule has 0 heterocycles. The summed E-state index contributed by atoms with van der Waals surface area (Å²) in [6.07, 6.45) is 0. The van der Waals surface area contributed by atoms with Crippen molar-refractivity contribution < 1.29 is 19.1 Å². The van der Waals surface area contributed by atoms with Crippen LogP contribution in [0.3, 0.4) is 0 Å². The van der Waals surface area contributed by atoms with E-state index in [9.17, 15) is 9.59 Å². The smallest absolute Gasteiger partial charge is 0.323 e. The summed E-state index contributed by atoms with van der Waals surface area (Å²) >= 11 is 6.04. The summed E-state index contributed by atoms with van der Waals surface area (Å²) in [5, 5.41) is 17.7. The van der Waals surface area contributed by atoms with Crippen LogP contribution in [0.4, 0.5) is 16.2 Å². The van der Waals surface area contributed by atoms with Gasteiger partial charge in [0.05, 0.1) is 23.3 Å². The van der Waals surface area contributed by atoms with E-state index in [2.05, 4.69) is 34.7 Å². The van der Waals surface area contributed by atoms with Crippen LogP contribution in [0, 0.1) is 11.3 Å². The van der Waals surface area contributed by atoms with E-state index < -0.39 is 6.03 Å². The Morgan fingerprint density at radius 1 is 0.947 bits per heavy atom. The number of benzene rings is 3. The molecule has 0 aliphatic rings. The summed E-state index contributed by atoms with van der Waals surface area (Å²) in [6.45, 7) is 7.29. The molecule has 10 heteroatoms. The van der Waals surface area contributed by atoms with E-state index in [0.717, 1.165) is 19.6 Å². The fourth-order valence-corrected chi connectivity index (χ4v) is 3.82. The topological polar surface area (TPSA) is 116 Å². The number of carbonyl (C=O) groups excluding carboxylic acids is 2. The van der Waals surface area contributed by atoms with Crippen molar-refractivity contribution in [2.75, 3.05) is 43.9 Å². The Morgan fingerprint density at radius 2 is 1.61 bits per heavy atom. The number of anilines is 2. The van der Waals surface area contributed by atoms with Gasteiger partial charge in [0.15, 0.2) is 0 Å². The van der Waals surface area contributed by atoms with E-state index in [1.807, 2.05) is 6.07 Å². The maximum atomic E-state index is 12.6. The third-order valence-corrected chi connectivity index (χ3v) is 6.03. The number of methoxy groups -OCH3 is 1. The summed E-state index contributed by atoms with van der Waals surface area (Å²) in [5.74, 6) is 1.14. The number of carbonyl (C=O) groups is 2. The highest BCUT2D eigenvalue weighted by Gasteiger charge is 2.14. The molecule has 198 valence electrons. The Kier molecular flexibility index (Phi) is 10.3. The van der Waals surface area contributed by atoms with E-state index in [1.54, 1.807) is 60.7 Å². The molecule has 3 N–H and O–H groups in total. The molecule has 38 heavy (non-hydrogen) atoms. The number of ether oxygens (including phenoxy) is 2. The van der Waals surface area contributed by atoms with Crippen LogP contribution >= 0.6 is 11.6 Å². The van der Waals surface area contributed by atoms with Crippen molar-refractivity contribution in [2.24, 2.45) is 0 Å². The van der Waals surface area contributed by atoms with Gasteiger partial charge in [-0.1, -0.05) is 25.4 Å². The predicted octanol–water partition coefficient (Wildman–Crippen LogP) is 5.73. The number of nitriles is 1. The first-order valence-electron chi connectivity index (χ1n) is 12.1. The van der Waals surface area contributed by atoms with Crippen LogP contribution in [0.5, 0.6) is 17.2 Å². The lowest BCUT2D eigenvalue weighted by molar-refractivity contribution is 0.0946. The van der Waals surface area contributed by atoms with Gasteiger partial charge in [0.2, 0.25) is 0 Å². The summed E-state index contributed by atoms with van der Waals surface area (Å²) in [4.78, 5) is 27.3. The lowest BCUT2D eigenvalue weighted by Crippen LogP contribution is -2.34. The molecule has 0 fully saturated rings. The largest absolute Gasteiger partial charge is 0.496 e. The van der Waals surface area contributed by atoms with Crippen LogP contribution in [-0.4, -0.2) is 50.1 Å². The number of amides is 3. The number of hydrogen-bond donors (Lipinski definition) is 3. The van der Waals surface area contributed by atoms with Crippen LogP contribution in [0.1, 0.15) is 29.8 Å². The number of nitrogens with zero attached hydrogens (tertiary/aromatic N) is 2. The minimum atomic E-state index is -0.462. The van der Waals surface area contributed by atoms with Gasteiger partial charge in [-0.05, 0) is 61.6 Å².